The Bertz CT molecular complexity index is 467. The Morgan fingerprint density at radius 2 is 2.11 bits per heavy atom. The van der Waals surface area contributed by atoms with Gasteiger partial charge in [0.1, 0.15) is 5.82 Å². The Morgan fingerprint density at radius 3 is 2.84 bits per heavy atom. The summed E-state index contributed by atoms with van der Waals surface area (Å²) < 4.78 is 19.1. The van der Waals surface area contributed by atoms with Crippen LogP contribution in [0.2, 0.25) is 0 Å². The minimum Gasteiger partial charge on any atom is -0.395 e. The molecule has 0 amide bonds. The smallest absolute Gasteiger partial charge is 0.124 e. The number of aliphatic hydroxyl groups is 1. The fraction of sp³-hybridized carbons (Fsp3) is 0.500. The van der Waals surface area contributed by atoms with Crippen LogP contribution < -0.4 is 0 Å². The molecule has 0 spiro atoms. The topological polar surface area (TPSA) is 29.5 Å². The molecule has 1 saturated carbocycles. The second-order valence-corrected chi connectivity index (χ2v) is 4.79. The fourth-order valence-corrected chi connectivity index (χ4v) is 2.27. The van der Waals surface area contributed by atoms with Crippen LogP contribution in [0.5, 0.6) is 0 Å². The van der Waals surface area contributed by atoms with Crippen LogP contribution in [0.3, 0.4) is 0 Å². The largest absolute Gasteiger partial charge is 0.395 e. The quantitative estimate of drug-likeness (QED) is 0.845. The third-order valence-corrected chi connectivity index (χ3v) is 3.31. The maximum atomic E-state index is 13.2. The fourth-order valence-electron chi connectivity index (χ4n) is 2.27. The van der Waals surface area contributed by atoms with Gasteiger partial charge in [0.05, 0.1) is 19.3 Å². The van der Waals surface area contributed by atoms with Gasteiger partial charge in [-0.05, 0) is 30.5 Å². The molecule has 1 aromatic rings. The third-order valence-electron chi connectivity index (χ3n) is 3.31. The summed E-state index contributed by atoms with van der Waals surface area (Å²) in [5.74, 6) is 5.43. The Hall–Kier alpha value is -1.37. The Labute approximate surface area is 113 Å². The molecule has 0 aromatic heterocycles. The van der Waals surface area contributed by atoms with Crippen LogP contribution in [0.15, 0.2) is 18.2 Å². The Kier molecular flexibility index (Phi) is 5.38. The van der Waals surface area contributed by atoms with Gasteiger partial charge < -0.3 is 9.84 Å². The van der Waals surface area contributed by atoms with Crippen molar-refractivity contribution in [2.75, 3.05) is 6.61 Å². The van der Waals surface area contributed by atoms with Gasteiger partial charge in [0.2, 0.25) is 0 Å². The maximum Gasteiger partial charge on any atom is 0.124 e. The summed E-state index contributed by atoms with van der Waals surface area (Å²) in [6.07, 6.45) is 5.44. The molecule has 0 radical (unpaired) electrons. The molecule has 0 unspecified atom stereocenters. The van der Waals surface area contributed by atoms with Crippen LogP contribution in [0.25, 0.3) is 0 Å². The van der Waals surface area contributed by atoms with Gasteiger partial charge in [-0.25, -0.2) is 4.39 Å². The average Bonchev–Trinajstić information content (AvgIpc) is 2.91. The summed E-state index contributed by atoms with van der Waals surface area (Å²) in [6, 6.07) is 4.59. The highest BCUT2D eigenvalue weighted by Crippen LogP contribution is 2.22. The highest BCUT2D eigenvalue weighted by molar-refractivity contribution is 5.41. The lowest BCUT2D eigenvalue weighted by molar-refractivity contribution is 0.0455. The van der Waals surface area contributed by atoms with Crippen molar-refractivity contribution in [1.29, 1.82) is 0 Å². The predicted molar refractivity (Wildman–Crippen MR) is 72.0 cm³/mol. The number of ether oxygens (including phenoxy) is 1. The molecule has 19 heavy (non-hydrogen) atoms. The normalized spacial score (nSPS) is 15.3. The van der Waals surface area contributed by atoms with Crippen molar-refractivity contribution < 1.29 is 14.2 Å². The minimum absolute atomic E-state index is 0.0240. The number of hydrogen-bond acceptors (Lipinski definition) is 2. The van der Waals surface area contributed by atoms with Gasteiger partial charge in [-0.1, -0.05) is 30.7 Å². The van der Waals surface area contributed by atoms with E-state index in [1.165, 1.54) is 25.0 Å². The van der Waals surface area contributed by atoms with E-state index in [2.05, 4.69) is 11.8 Å². The van der Waals surface area contributed by atoms with E-state index in [0.717, 1.165) is 18.4 Å². The Balaban J connectivity index is 2.03. The van der Waals surface area contributed by atoms with Gasteiger partial charge >= 0.3 is 0 Å². The van der Waals surface area contributed by atoms with E-state index < -0.39 is 0 Å². The lowest BCUT2D eigenvalue weighted by Gasteiger charge is -2.12. The van der Waals surface area contributed by atoms with Gasteiger partial charge in [0.15, 0.2) is 0 Å². The first kappa shape index (κ1) is 14.0. The highest BCUT2D eigenvalue weighted by atomic mass is 19.1. The zero-order chi connectivity index (χ0) is 13.5. The van der Waals surface area contributed by atoms with E-state index in [1.807, 2.05) is 0 Å². The predicted octanol–water partition coefficient (Wildman–Crippen LogP) is 3.02. The number of aliphatic hydroxyl groups excluding tert-OH is 1. The molecule has 1 aliphatic carbocycles. The van der Waals surface area contributed by atoms with Gasteiger partial charge in [-0.2, -0.15) is 0 Å². The van der Waals surface area contributed by atoms with Crippen LogP contribution in [-0.4, -0.2) is 17.8 Å². The van der Waals surface area contributed by atoms with Crippen LogP contribution in [0.4, 0.5) is 4.39 Å². The summed E-state index contributed by atoms with van der Waals surface area (Å²) >= 11 is 0. The molecule has 0 bridgehead atoms. The summed E-state index contributed by atoms with van der Waals surface area (Å²) in [5.41, 5.74) is 1.57. The molecule has 0 heterocycles. The van der Waals surface area contributed by atoms with E-state index in [0.29, 0.717) is 24.7 Å². The van der Waals surface area contributed by atoms with E-state index in [4.69, 9.17) is 9.84 Å². The van der Waals surface area contributed by atoms with Gasteiger partial charge in [0.25, 0.3) is 0 Å². The Morgan fingerprint density at radius 1 is 1.32 bits per heavy atom. The summed E-state index contributed by atoms with van der Waals surface area (Å²) in [6.45, 7) is 0.504. The molecule has 0 aliphatic heterocycles. The van der Waals surface area contributed by atoms with E-state index >= 15 is 0 Å². The van der Waals surface area contributed by atoms with Crippen molar-refractivity contribution in [3.8, 4) is 11.8 Å². The second kappa shape index (κ2) is 7.28. The summed E-state index contributed by atoms with van der Waals surface area (Å²) in [7, 11) is 0. The van der Waals surface area contributed by atoms with Gasteiger partial charge in [-0.15, -0.1) is 0 Å². The molecular formula is C16H19FO2. The third kappa shape index (κ3) is 4.34. The molecular weight excluding hydrogens is 243 g/mol. The van der Waals surface area contributed by atoms with Crippen molar-refractivity contribution in [1.82, 2.24) is 0 Å². The standard InChI is InChI=1S/C16H19FO2/c17-15-9-8-14(12-19-16-6-1-2-7-16)13(11-15)5-3-4-10-18/h8-9,11,16,18H,1-2,4,6-7,10,12H2. The van der Waals surface area contributed by atoms with Gasteiger partial charge in [-0.3, -0.25) is 0 Å². The molecule has 1 aliphatic rings. The van der Waals surface area contributed by atoms with Crippen molar-refractivity contribution in [3.63, 3.8) is 0 Å². The van der Waals surface area contributed by atoms with E-state index in [9.17, 15) is 4.39 Å². The molecule has 3 heteroatoms. The summed E-state index contributed by atoms with van der Waals surface area (Å²) in [4.78, 5) is 0. The van der Waals surface area contributed by atoms with Crippen LogP contribution >= 0.6 is 0 Å². The minimum atomic E-state index is -0.294. The first-order valence-corrected chi connectivity index (χ1v) is 6.79. The lowest BCUT2D eigenvalue weighted by Crippen LogP contribution is -2.08. The van der Waals surface area contributed by atoms with Crippen molar-refractivity contribution in [3.05, 3.63) is 35.1 Å². The van der Waals surface area contributed by atoms with E-state index in [-0.39, 0.29) is 12.4 Å². The molecule has 2 rings (SSSR count). The van der Waals surface area contributed by atoms with Gasteiger partial charge in [0, 0.05) is 12.0 Å². The molecule has 1 aromatic carbocycles. The zero-order valence-electron chi connectivity index (χ0n) is 11.0. The monoisotopic (exact) mass is 262 g/mol. The maximum absolute atomic E-state index is 13.2. The SMILES string of the molecule is OCCC#Cc1cc(F)ccc1COC1CCCC1. The zero-order valence-corrected chi connectivity index (χ0v) is 11.0. The second-order valence-electron chi connectivity index (χ2n) is 4.79. The first-order valence-electron chi connectivity index (χ1n) is 6.79. The molecule has 0 atom stereocenters. The highest BCUT2D eigenvalue weighted by Gasteiger charge is 2.15. The number of hydrogen-bond donors (Lipinski definition) is 1. The molecule has 1 fully saturated rings. The average molecular weight is 262 g/mol. The molecule has 0 saturated heterocycles. The van der Waals surface area contributed by atoms with Crippen molar-refractivity contribution in [2.45, 2.75) is 44.8 Å². The number of halogens is 1. The van der Waals surface area contributed by atoms with Crippen LogP contribution in [0, 0.1) is 17.7 Å². The first-order chi connectivity index (χ1) is 9.29. The summed E-state index contributed by atoms with van der Waals surface area (Å²) in [5, 5.41) is 8.71. The lowest BCUT2D eigenvalue weighted by atomic mass is 10.1. The van der Waals surface area contributed by atoms with Crippen molar-refractivity contribution >= 4 is 0 Å². The van der Waals surface area contributed by atoms with Crippen LogP contribution in [-0.2, 0) is 11.3 Å². The molecule has 1 N–H and O–H groups in total. The molecule has 102 valence electrons. The molecule has 2 nitrogen and oxygen atoms in total. The number of rotatable bonds is 4. The number of benzene rings is 1. The van der Waals surface area contributed by atoms with E-state index in [1.54, 1.807) is 6.07 Å². The van der Waals surface area contributed by atoms with Crippen molar-refractivity contribution in [2.24, 2.45) is 0 Å². The van der Waals surface area contributed by atoms with Crippen LogP contribution in [0.1, 0.15) is 43.2 Å².